The van der Waals surface area contributed by atoms with Crippen LogP contribution in [0.3, 0.4) is 0 Å². The van der Waals surface area contributed by atoms with Crippen LogP contribution in [0.1, 0.15) is 39.5 Å². The van der Waals surface area contributed by atoms with Crippen molar-refractivity contribution in [3.63, 3.8) is 0 Å². The number of pyridine rings is 1. The van der Waals surface area contributed by atoms with Gasteiger partial charge in [-0.3, -0.25) is 14.4 Å². The van der Waals surface area contributed by atoms with E-state index in [4.69, 9.17) is 17.3 Å². The molecule has 17 heteroatoms. The van der Waals surface area contributed by atoms with E-state index < -0.39 is 17.8 Å². The molecule has 0 aliphatic carbocycles. The predicted octanol–water partition coefficient (Wildman–Crippen LogP) is 3.95. The summed E-state index contributed by atoms with van der Waals surface area (Å²) in [5.41, 5.74) is 5.05. The minimum atomic E-state index is -4.81. The Kier molecular flexibility index (Phi) is 9.35. The number of nitrogen functional groups attached to an aromatic ring is 1. The monoisotopic (exact) mass is 713 g/mol. The molecule has 2 fully saturated rings. The number of piperazine rings is 1. The van der Waals surface area contributed by atoms with E-state index in [1.807, 2.05) is 4.90 Å². The Morgan fingerprint density at radius 2 is 1.82 bits per heavy atom. The summed E-state index contributed by atoms with van der Waals surface area (Å²) in [5.74, 6) is -0.505. The van der Waals surface area contributed by atoms with E-state index in [1.54, 1.807) is 4.90 Å². The number of alkyl halides is 3. The molecule has 0 unspecified atom stereocenters. The molecule has 0 radical (unpaired) electrons. The molecule has 5 heterocycles. The molecule has 4 aromatic rings. The van der Waals surface area contributed by atoms with Gasteiger partial charge < -0.3 is 29.9 Å². The quantitative estimate of drug-likeness (QED) is 0.276. The average Bonchev–Trinajstić information content (AvgIpc) is 3.67. The summed E-state index contributed by atoms with van der Waals surface area (Å²) in [4.78, 5) is 51.0. The third-order valence-corrected chi connectivity index (χ3v) is 9.50. The first kappa shape index (κ1) is 34.9. The van der Waals surface area contributed by atoms with E-state index in [2.05, 4.69) is 34.5 Å². The van der Waals surface area contributed by atoms with Gasteiger partial charge in [-0.05, 0) is 49.1 Å². The molecular formula is C33H37ClF3N10O3+. The highest BCUT2D eigenvalue weighted by Crippen LogP contribution is 2.37. The van der Waals surface area contributed by atoms with Crippen molar-refractivity contribution in [2.75, 3.05) is 64.4 Å². The van der Waals surface area contributed by atoms with Gasteiger partial charge in [-0.15, -0.1) is 0 Å². The molecule has 3 N–H and O–H groups in total. The molecule has 3 aromatic heterocycles. The highest BCUT2D eigenvalue weighted by Gasteiger charge is 2.39. The maximum atomic E-state index is 14.0. The van der Waals surface area contributed by atoms with E-state index in [0.717, 1.165) is 43.0 Å². The second kappa shape index (κ2) is 13.4. The van der Waals surface area contributed by atoms with Crippen molar-refractivity contribution in [1.82, 2.24) is 34.1 Å². The lowest BCUT2D eigenvalue weighted by molar-refractivity contribution is -0.885. The van der Waals surface area contributed by atoms with E-state index in [9.17, 15) is 27.6 Å². The summed E-state index contributed by atoms with van der Waals surface area (Å²) in [5, 5.41) is 6.50. The number of anilines is 2. The zero-order chi connectivity index (χ0) is 36.0. The van der Waals surface area contributed by atoms with Crippen LogP contribution in [0.5, 0.6) is 0 Å². The van der Waals surface area contributed by atoms with Gasteiger partial charge in [0.15, 0.2) is 23.9 Å². The number of rotatable bonds is 7. The molecular weight excluding hydrogens is 677 g/mol. The van der Waals surface area contributed by atoms with Crippen LogP contribution in [0.15, 0.2) is 48.9 Å². The van der Waals surface area contributed by atoms with Gasteiger partial charge in [0.2, 0.25) is 0 Å². The lowest BCUT2D eigenvalue weighted by atomic mass is 9.95. The number of aromatic nitrogens is 5. The summed E-state index contributed by atoms with van der Waals surface area (Å²) in [7, 11) is 5.53. The Labute approximate surface area is 291 Å². The number of nitrogens with one attached hydrogen (secondary N) is 1. The van der Waals surface area contributed by atoms with Crippen LogP contribution in [0.25, 0.3) is 17.1 Å². The maximum absolute atomic E-state index is 14.0. The molecule has 0 bridgehead atoms. The van der Waals surface area contributed by atoms with Crippen molar-refractivity contribution in [3.8, 4) is 17.1 Å². The largest absolute Gasteiger partial charge is 0.435 e. The zero-order valence-corrected chi connectivity index (χ0v) is 28.5. The van der Waals surface area contributed by atoms with Gasteiger partial charge in [-0.2, -0.15) is 18.3 Å². The highest BCUT2D eigenvalue weighted by molar-refractivity contribution is 6.34. The molecule has 2 aliphatic rings. The fourth-order valence-corrected chi connectivity index (χ4v) is 6.56. The molecule has 6 rings (SSSR count). The molecule has 13 nitrogen and oxygen atoms in total. The van der Waals surface area contributed by atoms with Crippen LogP contribution in [-0.4, -0.2) is 110 Å². The topological polar surface area (TPSA) is 144 Å². The molecule has 0 spiro atoms. The standard InChI is InChI=1S/C33H36ClF3N10O3/c1-43-26(24-18-46(42-29(24)33(35,36)37)27-7-4-21(38)15-39-27)16-40-30(43)31(49)41-22-5-6-23(25(34)14-22)32(50)44-10-8-20(9-11-44)17-45-12-13-47(2,3)19-28(45)48/h4-7,14-16,18,20H,8-13,17,19,38H2,1-3H3/p+1. The van der Waals surface area contributed by atoms with Crippen molar-refractivity contribution >= 4 is 40.7 Å². The van der Waals surface area contributed by atoms with Gasteiger partial charge >= 0.3 is 6.18 Å². The number of hydrogen-bond donors (Lipinski definition) is 2. The molecule has 264 valence electrons. The number of carbonyl (C=O) groups excluding carboxylic acids is 3. The summed E-state index contributed by atoms with van der Waals surface area (Å²) in [6.45, 7) is 3.92. The number of benzene rings is 1. The Morgan fingerprint density at radius 1 is 1.08 bits per heavy atom. The van der Waals surface area contributed by atoms with Gasteiger partial charge in [-0.25, -0.2) is 14.6 Å². The van der Waals surface area contributed by atoms with E-state index in [-0.39, 0.29) is 51.0 Å². The Morgan fingerprint density at radius 3 is 2.46 bits per heavy atom. The van der Waals surface area contributed by atoms with Gasteiger partial charge in [0, 0.05) is 38.6 Å². The number of quaternary nitrogens is 1. The molecule has 3 amide bonds. The molecule has 0 saturated carbocycles. The maximum Gasteiger partial charge on any atom is 0.435 e. The number of likely N-dealkylation sites (tertiary alicyclic amines) is 1. The summed E-state index contributed by atoms with van der Waals surface area (Å²) in [6, 6.07) is 7.42. The number of hydrogen-bond acceptors (Lipinski definition) is 7. The summed E-state index contributed by atoms with van der Waals surface area (Å²) < 4.78 is 45.0. The van der Waals surface area contributed by atoms with E-state index in [1.165, 1.54) is 48.1 Å². The van der Waals surface area contributed by atoms with Crippen LogP contribution in [0.2, 0.25) is 5.02 Å². The predicted molar refractivity (Wildman–Crippen MR) is 179 cm³/mol. The van der Waals surface area contributed by atoms with Crippen LogP contribution < -0.4 is 11.1 Å². The van der Waals surface area contributed by atoms with Crippen LogP contribution in [-0.2, 0) is 18.0 Å². The number of imidazole rings is 1. The fourth-order valence-electron chi connectivity index (χ4n) is 6.30. The summed E-state index contributed by atoms with van der Waals surface area (Å²) >= 11 is 6.51. The molecule has 1 aromatic carbocycles. The molecule has 0 atom stereocenters. The average molecular weight is 714 g/mol. The minimum absolute atomic E-state index is 0.00218. The third-order valence-electron chi connectivity index (χ3n) is 9.18. The second-order valence-electron chi connectivity index (χ2n) is 13.4. The lowest BCUT2D eigenvalue weighted by Crippen LogP contribution is -2.58. The molecule has 2 aliphatic heterocycles. The smallest absolute Gasteiger partial charge is 0.397 e. The van der Waals surface area contributed by atoms with Gasteiger partial charge in [0.05, 0.1) is 67.1 Å². The molecule has 2 saturated heterocycles. The van der Waals surface area contributed by atoms with Crippen molar-refractivity contribution in [1.29, 1.82) is 0 Å². The van der Waals surface area contributed by atoms with Gasteiger partial charge in [0.25, 0.3) is 17.7 Å². The number of nitrogens with two attached hydrogens (primary N) is 1. The number of likely N-dealkylation sites (N-methyl/N-ethyl adjacent to an activating group) is 1. The van der Waals surface area contributed by atoms with Crippen molar-refractivity contribution in [2.45, 2.75) is 19.0 Å². The number of piperidine rings is 1. The zero-order valence-electron chi connectivity index (χ0n) is 27.7. The molecule has 50 heavy (non-hydrogen) atoms. The van der Waals surface area contributed by atoms with E-state index in [0.29, 0.717) is 42.3 Å². The number of halogens is 4. The first-order valence-electron chi connectivity index (χ1n) is 16.0. The number of amides is 3. The van der Waals surface area contributed by atoms with Crippen LogP contribution in [0.4, 0.5) is 24.5 Å². The van der Waals surface area contributed by atoms with Crippen molar-refractivity contribution in [2.24, 2.45) is 13.0 Å². The number of nitrogens with zero attached hydrogens (tertiary/aromatic N) is 8. The Hall–Kier alpha value is -4.96. The first-order valence-corrected chi connectivity index (χ1v) is 16.4. The SMILES string of the molecule is Cn1c(-c2cn(-c3ccc(N)cn3)nc2C(F)(F)F)cnc1C(=O)Nc1ccc(C(=O)N2CCC(CN3CC[N+](C)(C)CC3=O)CC2)c(Cl)c1. The first-order chi connectivity index (χ1) is 23.6. The second-order valence-corrected chi connectivity index (χ2v) is 13.8. The van der Waals surface area contributed by atoms with Crippen LogP contribution >= 0.6 is 11.6 Å². The summed E-state index contributed by atoms with van der Waals surface area (Å²) in [6.07, 6.45) is 0.356. The fraction of sp³-hybridized carbons (Fsp3) is 0.394. The van der Waals surface area contributed by atoms with Crippen molar-refractivity contribution < 1.29 is 32.0 Å². The third kappa shape index (κ3) is 7.31. The Bertz CT molecular complexity index is 1930. The van der Waals surface area contributed by atoms with Crippen molar-refractivity contribution in [3.05, 3.63) is 71.0 Å². The number of carbonyl (C=O) groups is 3. The highest BCUT2D eigenvalue weighted by atomic mass is 35.5. The van der Waals surface area contributed by atoms with E-state index >= 15 is 0 Å². The lowest BCUT2D eigenvalue weighted by Gasteiger charge is -2.41. The normalized spacial score (nSPS) is 16.9. The van der Waals surface area contributed by atoms with Gasteiger partial charge in [-0.1, -0.05) is 11.6 Å². The minimum Gasteiger partial charge on any atom is -0.397 e. The van der Waals surface area contributed by atoms with Gasteiger partial charge in [0.1, 0.15) is 0 Å². The Balaban J connectivity index is 1.10. The van der Waals surface area contributed by atoms with Crippen LogP contribution in [0, 0.1) is 5.92 Å².